The van der Waals surface area contributed by atoms with Crippen LogP contribution in [0.4, 0.5) is 0 Å². The van der Waals surface area contributed by atoms with E-state index < -0.39 is 0 Å². The number of fused-ring (bicyclic) bond motifs is 2. The normalized spacial score (nSPS) is 17.1. The van der Waals surface area contributed by atoms with Crippen molar-refractivity contribution in [2.24, 2.45) is 0 Å². The molecule has 1 aliphatic heterocycles. The Morgan fingerprint density at radius 3 is 2.60 bits per heavy atom. The van der Waals surface area contributed by atoms with Crippen molar-refractivity contribution < 1.29 is 0 Å². The van der Waals surface area contributed by atoms with Crippen LogP contribution in [0, 0.1) is 0 Å². The van der Waals surface area contributed by atoms with Crippen molar-refractivity contribution in [2.45, 2.75) is 36.2 Å². The molecule has 0 unspecified atom stereocenters. The molecule has 172 valence electrons. The van der Waals surface area contributed by atoms with Crippen LogP contribution < -0.4 is 5.56 Å². The maximum atomic E-state index is 13.5. The van der Waals surface area contributed by atoms with E-state index in [-0.39, 0.29) is 11.6 Å². The third-order valence-corrected chi connectivity index (χ3v) is 8.29. The number of aromatic nitrogens is 4. The molecule has 3 heterocycles. The number of benzene rings is 3. The van der Waals surface area contributed by atoms with E-state index in [1.165, 1.54) is 40.3 Å². The van der Waals surface area contributed by atoms with E-state index >= 15 is 0 Å². The molecule has 2 aromatic heterocycles. The van der Waals surface area contributed by atoms with Gasteiger partial charge in [-0.1, -0.05) is 72.8 Å². The van der Waals surface area contributed by atoms with Crippen molar-refractivity contribution in [1.29, 1.82) is 0 Å². The molecular weight excluding hydrogens is 452 g/mol. The van der Waals surface area contributed by atoms with Crippen molar-refractivity contribution in [2.75, 3.05) is 5.75 Å². The molecule has 7 rings (SSSR count). The van der Waals surface area contributed by atoms with E-state index in [1.807, 2.05) is 41.0 Å². The van der Waals surface area contributed by atoms with E-state index in [4.69, 9.17) is 4.98 Å². The Balaban J connectivity index is 1.30. The highest BCUT2D eigenvalue weighted by Crippen LogP contribution is 2.49. The van der Waals surface area contributed by atoms with Crippen molar-refractivity contribution in [3.05, 3.63) is 112 Å². The van der Waals surface area contributed by atoms with Gasteiger partial charge in [0.15, 0.2) is 5.82 Å². The molecule has 0 bridgehead atoms. The van der Waals surface area contributed by atoms with E-state index in [0.717, 1.165) is 28.6 Å². The van der Waals surface area contributed by atoms with E-state index in [1.54, 1.807) is 11.8 Å². The summed E-state index contributed by atoms with van der Waals surface area (Å²) in [5.41, 5.74) is 4.84. The van der Waals surface area contributed by atoms with Crippen LogP contribution in [0.5, 0.6) is 0 Å². The minimum absolute atomic E-state index is 0.0484. The smallest absolute Gasteiger partial charge is 0.252 e. The van der Waals surface area contributed by atoms with E-state index in [2.05, 4.69) is 52.7 Å². The van der Waals surface area contributed by atoms with Gasteiger partial charge in [-0.15, -0.1) is 11.8 Å². The van der Waals surface area contributed by atoms with Crippen LogP contribution in [-0.2, 0) is 6.42 Å². The van der Waals surface area contributed by atoms with Crippen LogP contribution in [0.2, 0.25) is 0 Å². The molecule has 1 aliphatic carbocycles. The first-order valence-corrected chi connectivity index (χ1v) is 13.1. The second-order valence-electron chi connectivity index (χ2n) is 9.42. The lowest BCUT2D eigenvalue weighted by Crippen LogP contribution is -2.26. The zero-order chi connectivity index (χ0) is 23.4. The van der Waals surface area contributed by atoms with Gasteiger partial charge in [0, 0.05) is 17.4 Å². The highest BCUT2D eigenvalue weighted by Gasteiger charge is 2.37. The first kappa shape index (κ1) is 20.7. The van der Waals surface area contributed by atoms with Gasteiger partial charge >= 0.3 is 0 Å². The second-order valence-corrected chi connectivity index (χ2v) is 10.4. The van der Waals surface area contributed by atoms with Crippen LogP contribution in [0.3, 0.4) is 0 Å². The molecule has 0 spiro atoms. The Kier molecular flexibility index (Phi) is 4.87. The fourth-order valence-electron chi connectivity index (χ4n) is 5.29. The number of nitrogens with one attached hydrogen (secondary N) is 1. The summed E-state index contributed by atoms with van der Waals surface area (Å²) in [5.74, 6) is 2.75. The standard InChI is InChI=1S/C29H24N4OS/c34-25-16-22(15-21-11-6-10-18-7-4-5-12-23(18)21)26(19-13-14-19)29-33(25)24(17-35-29)28-30-27(31-32-28)20-8-2-1-3-9-20/h1-12,16,19,24H,13-15,17H2,(H,30,31,32)/t24-/m0/s1. The summed E-state index contributed by atoms with van der Waals surface area (Å²) in [6.07, 6.45) is 3.17. The predicted octanol–water partition coefficient (Wildman–Crippen LogP) is 5.95. The van der Waals surface area contributed by atoms with E-state index in [0.29, 0.717) is 11.7 Å². The lowest BCUT2D eigenvalue weighted by Gasteiger charge is -2.17. The maximum absolute atomic E-state index is 13.5. The SMILES string of the molecule is O=c1cc(Cc2cccc3ccccc23)c(C2CC2)c2n1[C@H](c1nc(-c3ccccc3)n[nH]1)CS2. The summed E-state index contributed by atoms with van der Waals surface area (Å²) < 4.78 is 1.96. The summed E-state index contributed by atoms with van der Waals surface area (Å²) >= 11 is 1.79. The third kappa shape index (κ3) is 3.60. The first-order chi connectivity index (χ1) is 17.3. The average molecular weight is 477 g/mol. The van der Waals surface area contributed by atoms with Gasteiger partial charge in [0.1, 0.15) is 11.9 Å². The molecule has 5 nitrogen and oxygen atoms in total. The van der Waals surface area contributed by atoms with Crippen molar-refractivity contribution in [1.82, 2.24) is 19.7 Å². The van der Waals surface area contributed by atoms with Crippen LogP contribution >= 0.6 is 11.8 Å². The fraction of sp³-hybridized carbons (Fsp3) is 0.207. The monoisotopic (exact) mass is 476 g/mol. The van der Waals surface area contributed by atoms with Crippen LogP contribution in [0.15, 0.2) is 88.7 Å². The molecule has 35 heavy (non-hydrogen) atoms. The Morgan fingerprint density at radius 1 is 0.943 bits per heavy atom. The Hall–Kier alpha value is -3.64. The molecule has 1 N–H and O–H groups in total. The van der Waals surface area contributed by atoms with Gasteiger partial charge in [-0.05, 0) is 52.6 Å². The minimum atomic E-state index is -0.128. The predicted molar refractivity (Wildman–Crippen MR) is 140 cm³/mol. The molecule has 0 radical (unpaired) electrons. The topological polar surface area (TPSA) is 63.6 Å². The summed E-state index contributed by atoms with van der Waals surface area (Å²) in [5, 5.41) is 11.2. The largest absolute Gasteiger partial charge is 0.291 e. The third-order valence-electron chi connectivity index (χ3n) is 7.12. The lowest BCUT2D eigenvalue weighted by molar-refractivity contribution is 0.558. The highest BCUT2D eigenvalue weighted by molar-refractivity contribution is 7.99. The lowest BCUT2D eigenvalue weighted by atomic mass is 9.95. The Bertz CT molecular complexity index is 1610. The molecule has 2 aliphatic rings. The molecule has 5 aromatic rings. The summed E-state index contributed by atoms with van der Waals surface area (Å²) in [4.78, 5) is 18.3. The summed E-state index contributed by atoms with van der Waals surface area (Å²) in [6.45, 7) is 0. The number of pyridine rings is 1. The van der Waals surface area contributed by atoms with Gasteiger partial charge < -0.3 is 0 Å². The number of nitrogens with zero attached hydrogens (tertiary/aromatic N) is 3. The molecule has 0 amide bonds. The number of H-pyrrole nitrogens is 1. The maximum Gasteiger partial charge on any atom is 0.252 e. The number of hydrogen-bond donors (Lipinski definition) is 1. The van der Waals surface area contributed by atoms with E-state index in [9.17, 15) is 4.79 Å². The van der Waals surface area contributed by atoms with Crippen LogP contribution in [0.1, 0.15) is 47.3 Å². The summed E-state index contributed by atoms with van der Waals surface area (Å²) in [6, 6.07) is 26.7. The fourth-order valence-corrected chi connectivity index (χ4v) is 6.72. The number of aromatic amines is 1. The Labute approximate surface area is 207 Å². The number of hydrogen-bond acceptors (Lipinski definition) is 4. The van der Waals surface area contributed by atoms with Gasteiger partial charge in [-0.2, -0.15) is 5.10 Å². The quantitative estimate of drug-likeness (QED) is 0.340. The van der Waals surface area contributed by atoms with Gasteiger partial charge in [-0.3, -0.25) is 14.5 Å². The van der Waals surface area contributed by atoms with Crippen LogP contribution in [0.25, 0.3) is 22.2 Å². The zero-order valence-corrected chi connectivity index (χ0v) is 20.0. The van der Waals surface area contributed by atoms with Crippen molar-refractivity contribution >= 4 is 22.5 Å². The zero-order valence-electron chi connectivity index (χ0n) is 19.1. The molecular formula is C29H24N4OS. The molecule has 1 atom stereocenters. The molecule has 1 fully saturated rings. The van der Waals surface area contributed by atoms with Crippen molar-refractivity contribution in [3.8, 4) is 11.4 Å². The van der Waals surface area contributed by atoms with Gasteiger partial charge in [-0.25, -0.2) is 4.98 Å². The average Bonchev–Trinajstić information content (AvgIpc) is 3.42. The number of rotatable bonds is 5. The minimum Gasteiger partial charge on any atom is -0.291 e. The van der Waals surface area contributed by atoms with Gasteiger partial charge in [0.25, 0.3) is 5.56 Å². The first-order valence-electron chi connectivity index (χ1n) is 12.1. The molecule has 3 aromatic carbocycles. The van der Waals surface area contributed by atoms with Crippen molar-refractivity contribution in [3.63, 3.8) is 0 Å². The highest BCUT2D eigenvalue weighted by atomic mass is 32.2. The Morgan fingerprint density at radius 2 is 1.74 bits per heavy atom. The molecule has 0 saturated heterocycles. The van der Waals surface area contributed by atoms with Gasteiger partial charge in [0.2, 0.25) is 0 Å². The van der Waals surface area contributed by atoms with Gasteiger partial charge in [0.05, 0.1) is 5.03 Å². The number of thioether (sulfide) groups is 1. The summed E-state index contributed by atoms with van der Waals surface area (Å²) in [7, 11) is 0. The second kappa shape index (κ2) is 8.24. The molecule has 1 saturated carbocycles. The molecule has 6 heteroatoms. The van der Waals surface area contributed by atoms with Crippen LogP contribution in [-0.4, -0.2) is 25.5 Å².